The number of fused-ring (bicyclic) bond motifs is 2. The number of amides is 3. The lowest BCUT2D eigenvalue weighted by Crippen LogP contribution is -2.27. The third kappa shape index (κ3) is 6.50. The zero-order chi connectivity index (χ0) is 32.3. The Balaban J connectivity index is 0.875. The van der Waals surface area contributed by atoms with Crippen LogP contribution in [0.5, 0.6) is 0 Å². The summed E-state index contributed by atoms with van der Waals surface area (Å²) < 4.78 is 1.66. The van der Waals surface area contributed by atoms with E-state index in [9.17, 15) is 14.4 Å². The highest BCUT2D eigenvalue weighted by molar-refractivity contribution is 6.08. The van der Waals surface area contributed by atoms with Crippen molar-refractivity contribution in [2.24, 2.45) is 17.0 Å². The number of para-hydroxylation sites is 2. The number of rotatable bonds is 9. The molecule has 5 aromatic rings. The Kier molecular flexibility index (Phi) is 8.02. The molecule has 0 saturated heterocycles. The number of anilines is 2. The van der Waals surface area contributed by atoms with E-state index in [1.54, 1.807) is 36.0 Å². The van der Waals surface area contributed by atoms with Crippen LogP contribution in [0.3, 0.4) is 0 Å². The summed E-state index contributed by atoms with van der Waals surface area (Å²) in [6, 6.07) is 32.7. The fourth-order valence-corrected chi connectivity index (χ4v) is 5.83. The first-order valence-corrected chi connectivity index (χ1v) is 15.5. The maximum absolute atomic E-state index is 13.0. The number of nitrogens with zero attached hydrogens (tertiary/aromatic N) is 3. The maximum Gasteiger partial charge on any atom is 0.272 e. The van der Waals surface area contributed by atoms with Crippen LogP contribution < -0.4 is 16.0 Å². The predicted molar refractivity (Wildman–Crippen MR) is 185 cm³/mol. The van der Waals surface area contributed by atoms with Crippen molar-refractivity contribution in [2.45, 2.75) is 19.3 Å². The fourth-order valence-electron chi connectivity index (χ4n) is 5.83. The Hall–Kier alpha value is -6.09. The largest absolute Gasteiger partial charge is 0.352 e. The van der Waals surface area contributed by atoms with E-state index >= 15 is 0 Å². The molecule has 2 aliphatic heterocycles. The molecule has 3 heterocycles. The second-order valence-electron chi connectivity index (χ2n) is 11.6. The molecule has 3 amide bonds. The topological polar surface area (TPSA) is 117 Å². The number of aliphatic imine (C=N–C) groups is 2. The monoisotopic (exact) mass is 620 g/mol. The number of carbonyl (C=O) groups excluding carboxylic acids is 3. The van der Waals surface area contributed by atoms with Crippen LogP contribution in [0.15, 0.2) is 119 Å². The minimum absolute atomic E-state index is 0.0814. The van der Waals surface area contributed by atoms with Gasteiger partial charge in [0.1, 0.15) is 5.69 Å². The number of aromatic nitrogens is 1. The molecule has 7 rings (SSSR count). The minimum atomic E-state index is -0.297. The lowest BCUT2D eigenvalue weighted by Gasteiger charge is -2.07. The Bertz CT molecular complexity index is 2070. The van der Waals surface area contributed by atoms with Crippen LogP contribution >= 0.6 is 0 Å². The normalized spacial score (nSPS) is 12.9. The van der Waals surface area contributed by atoms with Gasteiger partial charge in [-0.15, -0.1) is 0 Å². The van der Waals surface area contributed by atoms with Crippen molar-refractivity contribution in [1.29, 1.82) is 0 Å². The molecule has 0 aliphatic carbocycles. The summed E-state index contributed by atoms with van der Waals surface area (Å²) >= 11 is 0. The molecule has 9 nitrogen and oxygen atoms in total. The lowest BCUT2D eigenvalue weighted by molar-refractivity contribution is -0.116. The van der Waals surface area contributed by atoms with E-state index in [-0.39, 0.29) is 30.7 Å². The summed E-state index contributed by atoms with van der Waals surface area (Å²) in [5, 5.41) is 8.53. The zero-order valence-electron chi connectivity index (χ0n) is 25.8. The highest BCUT2D eigenvalue weighted by atomic mass is 16.2. The van der Waals surface area contributed by atoms with E-state index < -0.39 is 0 Å². The first-order valence-electron chi connectivity index (χ1n) is 15.5. The molecule has 0 fully saturated rings. The third-order valence-corrected chi connectivity index (χ3v) is 8.33. The summed E-state index contributed by atoms with van der Waals surface area (Å²) in [6.45, 7) is 0.170. The fraction of sp³-hybridized carbons (Fsp3) is 0.132. The van der Waals surface area contributed by atoms with E-state index in [2.05, 4.69) is 28.1 Å². The van der Waals surface area contributed by atoms with Gasteiger partial charge in [-0.2, -0.15) is 0 Å². The number of carbonyl (C=O) groups is 3. The summed E-state index contributed by atoms with van der Waals surface area (Å²) in [6.07, 6.45) is 3.31. The van der Waals surface area contributed by atoms with E-state index in [0.29, 0.717) is 22.6 Å². The standard InChI is InChI=1S/C38H32N6O3/c1-44-23-30(22-35(44)38(47)41-29-16-14-25(15-17-29)34-21-28-7-3-5-9-32(28)43-34)40-36(45)18-19-39-37(46)26-12-10-24(11-13-26)33-20-27-6-2-4-8-31(27)42-33/h2-17,22-23H,18-21H2,1H3,(H,39,46)(H,40,45)(H,41,47). The maximum atomic E-state index is 13.0. The zero-order valence-corrected chi connectivity index (χ0v) is 25.8. The Morgan fingerprint density at radius 3 is 1.85 bits per heavy atom. The van der Waals surface area contributed by atoms with Crippen molar-refractivity contribution in [3.8, 4) is 0 Å². The molecule has 0 spiro atoms. The van der Waals surface area contributed by atoms with E-state index in [1.807, 2.05) is 72.8 Å². The van der Waals surface area contributed by atoms with Crippen molar-refractivity contribution < 1.29 is 14.4 Å². The van der Waals surface area contributed by atoms with Gasteiger partial charge in [0.05, 0.1) is 28.5 Å². The quantitative estimate of drug-likeness (QED) is 0.177. The van der Waals surface area contributed by atoms with Gasteiger partial charge >= 0.3 is 0 Å². The van der Waals surface area contributed by atoms with E-state index in [4.69, 9.17) is 9.98 Å². The molecule has 3 N–H and O–H groups in total. The van der Waals surface area contributed by atoms with E-state index in [0.717, 1.165) is 46.8 Å². The lowest BCUT2D eigenvalue weighted by atomic mass is 10.0. The van der Waals surface area contributed by atoms with Crippen LogP contribution in [0.25, 0.3) is 0 Å². The van der Waals surface area contributed by atoms with Crippen LogP contribution in [0, 0.1) is 0 Å². The Morgan fingerprint density at radius 2 is 1.26 bits per heavy atom. The van der Waals surface area contributed by atoms with Gasteiger partial charge in [-0.1, -0.05) is 60.7 Å². The summed E-state index contributed by atoms with van der Waals surface area (Å²) in [5.74, 6) is -0.826. The molecular formula is C38H32N6O3. The second kappa shape index (κ2) is 12.7. The van der Waals surface area contributed by atoms with Crippen molar-refractivity contribution in [1.82, 2.24) is 9.88 Å². The molecular weight excluding hydrogens is 588 g/mol. The van der Waals surface area contributed by atoms with Crippen LogP contribution in [-0.2, 0) is 24.7 Å². The average Bonchev–Trinajstić information content (AvgIpc) is 3.81. The molecule has 0 atom stereocenters. The molecule has 0 saturated carbocycles. The molecule has 2 aliphatic rings. The van der Waals surface area contributed by atoms with Crippen molar-refractivity contribution >= 4 is 51.9 Å². The Labute approximate surface area is 272 Å². The molecule has 232 valence electrons. The van der Waals surface area contributed by atoms with Crippen molar-refractivity contribution in [2.75, 3.05) is 17.2 Å². The predicted octanol–water partition coefficient (Wildman–Crippen LogP) is 6.39. The number of hydrogen-bond donors (Lipinski definition) is 3. The van der Waals surface area contributed by atoms with Gasteiger partial charge in [-0.25, -0.2) is 0 Å². The molecule has 0 unspecified atom stereocenters. The van der Waals surface area contributed by atoms with Crippen LogP contribution in [-0.4, -0.2) is 40.3 Å². The van der Waals surface area contributed by atoms with Gasteiger partial charge in [0.25, 0.3) is 11.8 Å². The molecule has 9 heteroatoms. The smallest absolute Gasteiger partial charge is 0.272 e. The van der Waals surface area contributed by atoms with Crippen molar-refractivity contribution in [3.05, 3.63) is 143 Å². The van der Waals surface area contributed by atoms with E-state index in [1.165, 1.54) is 11.1 Å². The number of nitrogens with one attached hydrogen (secondary N) is 3. The van der Waals surface area contributed by atoms with Gasteiger partial charge in [-0.3, -0.25) is 24.4 Å². The molecule has 0 radical (unpaired) electrons. The molecule has 47 heavy (non-hydrogen) atoms. The second-order valence-corrected chi connectivity index (χ2v) is 11.6. The van der Waals surface area contributed by atoms with Gasteiger partial charge in [0.2, 0.25) is 5.91 Å². The summed E-state index contributed by atoms with van der Waals surface area (Å²) in [5.41, 5.74) is 10.4. The van der Waals surface area contributed by atoms with Crippen molar-refractivity contribution in [3.63, 3.8) is 0 Å². The summed E-state index contributed by atoms with van der Waals surface area (Å²) in [4.78, 5) is 47.7. The van der Waals surface area contributed by atoms with Gasteiger partial charge in [0.15, 0.2) is 0 Å². The number of aryl methyl sites for hydroxylation is 1. The first-order chi connectivity index (χ1) is 22.9. The van der Waals surface area contributed by atoms with Gasteiger partial charge < -0.3 is 20.5 Å². The van der Waals surface area contributed by atoms with Crippen LogP contribution in [0.1, 0.15) is 49.5 Å². The highest BCUT2D eigenvalue weighted by Crippen LogP contribution is 2.30. The Morgan fingerprint density at radius 1 is 0.681 bits per heavy atom. The highest BCUT2D eigenvalue weighted by Gasteiger charge is 2.18. The molecule has 4 aromatic carbocycles. The van der Waals surface area contributed by atoms with Gasteiger partial charge in [0, 0.05) is 50.3 Å². The SMILES string of the molecule is Cn1cc(NC(=O)CCNC(=O)c2ccc(C3=Nc4ccccc4C3)cc2)cc1C(=O)Nc1ccc(C2=Nc3ccccc3C2)cc1. The van der Waals surface area contributed by atoms with Gasteiger partial charge in [-0.05, 0) is 64.7 Å². The minimum Gasteiger partial charge on any atom is -0.352 e. The molecule has 0 bridgehead atoms. The molecule has 1 aromatic heterocycles. The third-order valence-electron chi connectivity index (χ3n) is 8.33. The average molecular weight is 621 g/mol. The summed E-state index contributed by atoms with van der Waals surface area (Å²) in [7, 11) is 1.74. The number of hydrogen-bond acceptors (Lipinski definition) is 5. The van der Waals surface area contributed by atoms with Crippen LogP contribution in [0.2, 0.25) is 0 Å². The number of benzene rings is 4. The first kappa shape index (κ1) is 29.6. The van der Waals surface area contributed by atoms with Crippen LogP contribution in [0.4, 0.5) is 22.7 Å².